The Balaban J connectivity index is 1.44. The molecule has 0 spiro atoms. The molecular formula is C23H25ClN4O. The molecule has 1 fully saturated rings. The van der Waals surface area contributed by atoms with E-state index in [0.29, 0.717) is 19.0 Å². The molecule has 0 radical (unpaired) electrons. The maximum Gasteiger partial charge on any atom is 0.229 e. The summed E-state index contributed by atoms with van der Waals surface area (Å²) in [5.41, 5.74) is 1.39. The Morgan fingerprint density at radius 2 is 1.69 bits per heavy atom. The second-order valence-electron chi connectivity index (χ2n) is 8.14. The van der Waals surface area contributed by atoms with Crippen LogP contribution >= 0.6 is 11.6 Å². The number of alkyl halides is 1. The largest absolute Gasteiger partial charge is 0.352 e. The average Bonchev–Trinajstić information content (AvgIpc) is 2.78. The van der Waals surface area contributed by atoms with Crippen molar-refractivity contribution in [2.45, 2.75) is 13.8 Å². The van der Waals surface area contributed by atoms with E-state index in [2.05, 4.69) is 45.4 Å². The first-order chi connectivity index (χ1) is 14.0. The third kappa shape index (κ3) is 4.06. The highest BCUT2D eigenvalue weighted by Gasteiger charge is 2.33. The number of carbonyl (C=O) groups excluding carboxylic acids is 1. The first-order valence-electron chi connectivity index (χ1n) is 9.91. The minimum absolute atomic E-state index is 0.116. The highest BCUT2D eigenvalue weighted by Crippen LogP contribution is 2.25. The maximum atomic E-state index is 12.6. The third-order valence-electron chi connectivity index (χ3n) is 5.50. The lowest BCUT2D eigenvalue weighted by Crippen LogP contribution is -2.52. The van der Waals surface area contributed by atoms with E-state index in [1.54, 1.807) is 0 Å². The number of hydrogen-bond donors (Lipinski definition) is 0. The number of nitrogens with zero attached hydrogens (tertiary/aromatic N) is 4. The van der Waals surface area contributed by atoms with Gasteiger partial charge in [-0.15, -0.1) is 21.8 Å². The Morgan fingerprint density at radius 3 is 2.34 bits per heavy atom. The van der Waals surface area contributed by atoms with Crippen LogP contribution in [0.3, 0.4) is 0 Å². The highest BCUT2D eigenvalue weighted by molar-refractivity contribution is 6.19. The van der Waals surface area contributed by atoms with Crippen LogP contribution in [0.1, 0.15) is 13.8 Å². The van der Waals surface area contributed by atoms with Gasteiger partial charge in [0, 0.05) is 37.6 Å². The first-order valence-corrected chi connectivity index (χ1v) is 10.4. The van der Waals surface area contributed by atoms with Crippen LogP contribution in [0, 0.1) is 5.41 Å². The van der Waals surface area contributed by atoms with E-state index in [4.69, 9.17) is 11.6 Å². The normalized spacial score (nSPS) is 15.0. The summed E-state index contributed by atoms with van der Waals surface area (Å²) in [6.07, 6.45) is 0. The third-order valence-corrected chi connectivity index (χ3v) is 6.17. The molecule has 0 N–H and O–H groups in total. The van der Waals surface area contributed by atoms with Crippen LogP contribution in [0.2, 0.25) is 0 Å². The van der Waals surface area contributed by atoms with Crippen LogP contribution in [-0.4, -0.2) is 53.1 Å². The smallest absolute Gasteiger partial charge is 0.229 e. The highest BCUT2D eigenvalue weighted by atomic mass is 35.5. The number of aromatic nitrogens is 2. The van der Waals surface area contributed by atoms with Crippen molar-refractivity contribution in [1.29, 1.82) is 0 Å². The monoisotopic (exact) mass is 408 g/mol. The number of hydrogen-bond acceptors (Lipinski definition) is 4. The molecule has 1 amide bonds. The quantitative estimate of drug-likeness (QED) is 0.607. The second-order valence-corrected chi connectivity index (χ2v) is 8.40. The van der Waals surface area contributed by atoms with Gasteiger partial charge in [-0.3, -0.25) is 4.79 Å². The van der Waals surface area contributed by atoms with Crippen molar-refractivity contribution in [2.24, 2.45) is 5.41 Å². The summed E-state index contributed by atoms with van der Waals surface area (Å²) in [7, 11) is 0. The van der Waals surface area contributed by atoms with E-state index in [-0.39, 0.29) is 5.91 Å². The lowest BCUT2D eigenvalue weighted by molar-refractivity contribution is -0.139. The Morgan fingerprint density at radius 1 is 0.966 bits per heavy atom. The molecule has 0 unspecified atom stereocenters. The zero-order valence-electron chi connectivity index (χ0n) is 16.8. The fraction of sp³-hybridized carbons (Fsp3) is 0.348. The zero-order chi connectivity index (χ0) is 20.4. The van der Waals surface area contributed by atoms with Gasteiger partial charge in [0.2, 0.25) is 5.91 Å². The van der Waals surface area contributed by atoms with E-state index in [1.807, 2.05) is 43.0 Å². The van der Waals surface area contributed by atoms with Gasteiger partial charge in [-0.1, -0.05) is 36.4 Å². The summed E-state index contributed by atoms with van der Waals surface area (Å²) >= 11 is 5.95. The van der Waals surface area contributed by atoms with E-state index < -0.39 is 5.41 Å². The van der Waals surface area contributed by atoms with Gasteiger partial charge in [-0.2, -0.15) is 0 Å². The fourth-order valence-electron chi connectivity index (χ4n) is 3.62. The summed E-state index contributed by atoms with van der Waals surface area (Å²) in [6, 6.07) is 18.6. The van der Waals surface area contributed by atoms with Crippen LogP contribution in [0.25, 0.3) is 22.0 Å². The van der Waals surface area contributed by atoms with Crippen LogP contribution in [0.5, 0.6) is 0 Å². The second kappa shape index (κ2) is 7.99. The van der Waals surface area contributed by atoms with Gasteiger partial charge in [-0.05, 0) is 42.8 Å². The van der Waals surface area contributed by atoms with Crippen LogP contribution in [-0.2, 0) is 4.79 Å². The molecule has 29 heavy (non-hydrogen) atoms. The molecule has 1 aromatic heterocycles. The minimum Gasteiger partial charge on any atom is -0.352 e. The van der Waals surface area contributed by atoms with Crippen molar-refractivity contribution in [2.75, 3.05) is 37.0 Å². The molecule has 6 heteroatoms. The minimum atomic E-state index is -0.523. The van der Waals surface area contributed by atoms with E-state index in [0.717, 1.165) is 30.2 Å². The van der Waals surface area contributed by atoms with Gasteiger partial charge in [-0.25, -0.2) is 0 Å². The standard InChI is InChI=1S/C23H25ClN4O/c1-23(2,16-24)22(29)28-13-11-27(12-14-28)21-10-9-20(25-26-21)19-8-7-17-5-3-4-6-18(17)15-19/h3-10,15H,11-14,16H2,1-2H3. The number of rotatable bonds is 4. The molecule has 0 aliphatic carbocycles. The summed E-state index contributed by atoms with van der Waals surface area (Å²) in [6.45, 7) is 6.63. The number of benzene rings is 2. The molecular weight excluding hydrogens is 384 g/mol. The Bertz CT molecular complexity index is 1010. The van der Waals surface area contributed by atoms with Gasteiger partial charge in [0.1, 0.15) is 0 Å². The molecule has 2 heterocycles. The molecule has 150 valence electrons. The van der Waals surface area contributed by atoms with E-state index in [9.17, 15) is 4.79 Å². The van der Waals surface area contributed by atoms with Crippen molar-refractivity contribution < 1.29 is 4.79 Å². The molecule has 1 aliphatic heterocycles. The summed E-state index contributed by atoms with van der Waals surface area (Å²) in [4.78, 5) is 16.7. The average molecular weight is 409 g/mol. The van der Waals surface area contributed by atoms with Crippen molar-refractivity contribution in [3.8, 4) is 11.3 Å². The zero-order valence-corrected chi connectivity index (χ0v) is 17.6. The molecule has 3 aromatic rings. The summed E-state index contributed by atoms with van der Waals surface area (Å²) in [5, 5.41) is 11.3. The molecule has 2 aromatic carbocycles. The Kier molecular flexibility index (Phi) is 5.41. The van der Waals surface area contributed by atoms with Crippen molar-refractivity contribution >= 4 is 34.1 Å². The molecule has 1 aliphatic rings. The van der Waals surface area contributed by atoms with Gasteiger partial charge in [0.25, 0.3) is 0 Å². The predicted octanol–water partition coefficient (Wildman–Crippen LogP) is 4.21. The molecule has 0 saturated carbocycles. The Hall–Kier alpha value is -2.66. The molecule has 0 atom stereocenters. The molecule has 1 saturated heterocycles. The van der Waals surface area contributed by atoms with Gasteiger partial charge < -0.3 is 9.80 Å². The van der Waals surface area contributed by atoms with Crippen LogP contribution in [0.15, 0.2) is 54.6 Å². The van der Waals surface area contributed by atoms with Crippen LogP contribution in [0.4, 0.5) is 5.82 Å². The van der Waals surface area contributed by atoms with Crippen LogP contribution < -0.4 is 4.90 Å². The van der Waals surface area contributed by atoms with Gasteiger partial charge in [0.05, 0.1) is 11.1 Å². The maximum absolute atomic E-state index is 12.6. The van der Waals surface area contributed by atoms with Gasteiger partial charge in [0.15, 0.2) is 5.82 Å². The van der Waals surface area contributed by atoms with Crippen molar-refractivity contribution in [3.63, 3.8) is 0 Å². The number of amides is 1. The summed E-state index contributed by atoms with van der Waals surface area (Å²) in [5.74, 6) is 1.29. The molecule has 4 rings (SSSR count). The van der Waals surface area contributed by atoms with E-state index in [1.165, 1.54) is 10.8 Å². The topological polar surface area (TPSA) is 49.3 Å². The van der Waals surface area contributed by atoms with Gasteiger partial charge >= 0.3 is 0 Å². The molecule has 0 bridgehead atoms. The SMILES string of the molecule is CC(C)(CCl)C(=O)N1CCN(c2ccc(-c3ccc4ccccc4c3)nn2)CC1. The van der Waals surface area contributed by atoms with E-state index >= 15 is 0 Å². The van der Waals surface area contributed by atoms with Crippen molar-refractivity contribution in [1.82, 2.24) is 15.1 Å². The Labute approximate surface area is 176 Å². The number of halogens is 1. The lowest BCUT2D eigenvalue weighted by atomic mass is 9.94. The lowest BCUT2D eigenvalue weighted by Gasteiger charge is -2.38. The molecule has 5 nitrogen and oxygen atoms in total. The number of piperazine rings is 1. The number of carbonyl (C=O) groups is 1. The predicted molar refractivity (Wildman–Crippen MR) is 118 cm³/mol. The first kappa shape index (κ1) is 19.6. The summed E-state index contributed by atoms with van der Waals surface area (Å²) < 4.78 is 0. The number of anilines is 1. The fourth-order valence-corrected chi connectivity index (χ4v) is 3.73. The number of fused-ring (bicyclic) bond motifs is 1. The van der Waals surface area contributed by atoms with Crippen molar-refractivity contribution in [3.05, 3.63) is 54.6 Å².